The average Bonchev–Trinajstić information content (AvgIpc) is 3.48. The summed E-state index contributed by atoms with van der Waals surface area (Å²) in [5.41, 5.74) is 2.81. The van der Waals surface area contributed by atoms with Gasteiger partial charge in [0.05, 0.1) is 24.8 Å². The lowest BCUT2D eigenvalue weighted by Gasteiger charge is -2.18. The van der Waals surface area contributed by atoms with Gasteiger partial charge in [-0.1, -0.05) is 43.6 Å². The van der Waals surface area contributed by atoms with Crippen LogP contribution in [0.2, 0.25) is 5.02 Å². The van der Waals surface area contributed by atoms with E-state index in [1.165, 1.54) is 24.2 Å². The third kappa shape index (κ3) is 6.16. The fraction of sp³-hybridized carbons (Fsp3) is 0.200. The van der Waals surface area contributed by atoms with Gasteiger partial charge in [0.25, 0.3) is 5.91 Å². The number of carbonyl (C=O) groups is 4. The van der Waals surface area contributed by atoms with E-state index >= 15 is 0 Å². The highest BCUT2D eigenvalue weighted by Gasteiger charge is 2.38. The Bertz CT molecular complexity index is 1530. The van der Waals surface area contributed by atoms with Crippen LogP contribution in [-0.2, 0) is 30.5 Å². The fourth-order valence-corrected chi connectivity index (χ4v) is 4.40. The zero-order valence-corrected chi connectivity index (χ0v) is 23.2. The van der Waals surface area contributed by atoms with Crippen LogP contribution in [0.5, 0.6) is 0 Å². The fourth-order valence-electron chi connectivity index (χ4n) is 4.21. The first-order valence-corrected chi connectivity index (χ1v) is 12.9. The number of esters is 1. The Kier molecular flexibility index (Phi) is 8.55. The first-order valence-electron chi connectivity index (χ1n) is 12.5. The summed E-state index contributed by atoms with van der Waals surface area (Å²) in [5, 5.41) is 5.36. The number of hydrogen-bond donors (Lipinski definition) is 2. The summed E-state index contributed by atoms with van der Waals surface area (Å²) in [4.78, 5) is 52.0. The number of furan rings is 1. The maximum absolute atomic E-state index is 13.5. The zero-order valence-electron chi connectivity index (χ0n) is 22.4. The second-order valence-electron chi connectivity index (χ2n) is 9.35. The number of ether oxygens (including phenoxy) is 1. The summed E-state index contributed by atoms with van der Waals surface area (Å²) in [6.07, 6.45) is 1.46. The molecule has 0 aliphatic carbocycles. The van der Waals surface area contributed by atoms with Crippen molar-refractivity contribution in [3.8, 4) is 0 Å². The van der Waals surface area contributed by atoms with Crippen molar-refractivity contribution in [2.24, 2.45) is 0 Å². The van der Waals surface area contributed by atoms with Crippen LogP contribution in [0.15, 0.2) is 81.9 Å². The molecule has 2 heterocycles. The molecular weight excluding hydrogens is 534 g/mol. The molecule has 3 aromatic rings. The lowest BCUT2D eigenvalue weighted by molar-refractivity contribution is -0.136. The molecule has 0 spiro atoms. The van der Waals surface area contributed by atoms with Crippen molar-refractivity contribution in [2.75, 3.05) is 17.3 Å². The molecule has 4 rings (SSSR count). The van der Waals surface area contributed by atoms with Gasteiger partial charge in [-0.3, -0.25) is 19.3 Å². The topological polar surface area (TPSA) is 118 Å². The van der Waals surface area contributed by atoms with E-state index in [1.54, 1.807) is 37.3 Å². The van der Waals surface area contributed by atoms with Gasteiger partial charge in [0, 0.05) is 22.1 Å². The molecule has 3 amide bonds. The number of methoxy groups -OCH3 is 1. The summed E-state index contributed by atoms with van der Waals surface area (Å²) < 4.78 is 10.7. The lowest BCUT2D eigenvalue weighted by Crippen LogP contribution is -2.34. The minimum Gasteiger partial charge on any atom is -0.465 e. The molecule has 10 heteroatoms. The first-order chi connectivity index (χ1) is 19.1. The van der Waals surface area contributed by atoms with E-state index in [1.807, 2.05) is 24.3 Å². The molecule has 0 saturated carbocycles. The number of benzene rings is 2. The molecule has 1 aliphatic heterocycles. The highest BCUT2D eigenvalue weighted by Crippen LogP contribution is 2.36. The van der Waals surface area contributed by atoms with E-state index in [9.17, 15) is 19.2 Å². The number of allylic oxidation sites excluding steroid dienone is 1. The molecule has 0 bridgehead atoms. The van der Waals surface area contributed by atoms with Gasteiger partial charge in [0.15, 0.2) is 0 Å². The van der Waals surface area contributed by atoms with Gasteiger partial charge >= 0.3 is 17.8 Å². The minimum absolute atomic E-state index is 0.0774. The van der Waals surface area contributed by atoms with Crippen molar-refractivity contribution < 1.29 is 28.3 Å². The molecule has 1 aliphatic rings. The Morgan fingerprint density at radius 2 is 1.77 bits per heavy atom. The van der Waals surface area contributed by atoms with Crippen LogP contribution in [0.25, 0.3) is 6.08 Å². The van der Waals surface area contributed by atoms with Gasteiger partial charge in [-0.05, 0) is 66.9 Å². The second kappa shape index (κ2) is 12.0. The monoisotopic (exact) mass is 561 g/mol. The first kappa shape index (κ1) is 28.4. The number of amides is 3. The van der Waals surface area contributed by atoms with Crippen LogP contribution in [0.4, 0.5) is 11.4 Å². The number of nitrogens with zero attached hydrogens (tertiary/aromatic N) is 1. The van der Waals surface area contributed by atoms with Crippen LogP contribution in [-0.4, -0.2) is 30.8 Å². The Balaban J connectivity index is 1.50. The molecule has 0 saturated heterocycles. The van der Waals surface area contributed by atoms with Crippen LogP contribution in [0.3, 0.4) is 0 Å². The molecule has 2 N–H and O–H groups in total. The van der Waals surface area contributed by atoms with E-state index in [0.29, 0.717) is 33.8 Å². The van der Waals surface area contributed by atoms with E-state index < -0.39 is 23.7 Å². The largest absolute Gasteiger partial charge is 0.465 e. The Morgan fingerprint density at radius 1 is 1.05 bits per heavy atom. The van der Waals surface area contributed by atoms with Crippen molar-refractivity contribution in [2.45, 2.75) is 33.2 Å². The third-order valence-electron chi connectivity index (χ3n) is 6.29. The predicted molar refractivity (Wildman–Crippen MR) is 151 cm³/mol. The van der Waals surface area contributed by atoms with Crippen molar-refractivity contribution in [3.63, 3.8) is 0 Å². The van der Waals surface area contributed by atoms with E-state index in [2.05, 4.69) is 24.5 Å². The number of carbonyl (C=O) groups excluding carboxylic acids is 4. The van der Waals surface area contributed by atoms with Gasteiger partial charge in [-0.2, -0.15) is 0 Å². The highest BCUT2D eigenvalue weighted by atomic mass is 35.5. The normalized spacial score (nSPS) is 14.2. The maximum atomic E-state index is 13.5. The average molecular weight is 562 g/mol. The van der Waals surface area contributed by atoms with Crippen LogP contribution < -0.4 is 15.5 Å². The van der Waals surface area contributed by atoms with Crippen LogP contribution in [0.1, 0.15) is 43.8 Å². The van der Waals surface area contributed by atoms with Crippen molar-refractivity contribution in [1.29, 1.82) is 0 Å². The number of nitrogens with one attached hydrogen (secondary N) is 2. The molecule has 40 heavy (non-hydrogen) atoms. The number of rotatable bonds is 7. The second-order valence-corrected chi connectivity index (χ2v) is 9.78. The molecule has 1 aromatic heterocycles. The van der Waals surface area contributed by atoms with Gasteiger partial charge in [-0.25, -0.2) is 4.79 Å². The van der Waals surface area contributed by atoms with Crippen molar-refractivity contribution in [3.05, 3.63) is 99.6 Å². The number of anilines is 2. The highest BCUT2D eigenvalue weighted by molar-refractivity contribution is 6.39. The van der Waals surface area contributed by atoms with Crippen molar-refractivity contribution >= 4 is 52.7 Å². The quantitative estimate of drug-likeness (QED) is 0.233. The van der Waals surface area contributed by atoms with Crippen LogP contribution in [0, 0.1) is 0 Å². The van der Waals surface area contributed by atoms with Gasteiger partial charge in [-0.15, -0.1) is 0 Å². The van der Waals surface area contributed by atoms with E-state index in [-0.39, 0.29) is 23.5 Å². The van der Waals surface area contributed by atoms with E-state index in [4.69, 9.17) is 20.8 Å². The SMILES string of the molecule is COC(=O)C1=C(C)N(c2ccc(C(C)C)cc2)C(=O)/C1=C/c1ccc(CNC(=O)C(=O)Nc2cccc(Cl)c2)o1. The third-order valence-corrected chi connectivity index (χ3v) is 6.52. The summed E-state index contributed by atoms with van der Waals surface area (Å²) in [6.45, 7) is 5.76. The maximum Gasteiger partial charge on any atom is 0.340 e. The Labute approximate surface area is 236 Å². The smallest absolute Gasteiger partial charge is 0.340 e. The Morgan fingerprint density at radius 3 is 2.42 bits per heavy atom. The van der Waals surface area contributed by atoms with E-state index in [0.717, 1.165) is 5.56 Å². The molecule has 9 nitrogen and oxygen atoms in total. The molecule has 2 aromatic carbocycles. The van der Waals surface area contributed by atoms with Crippen LogP contribution >= 0.6 is 11.6 Å². The molecule has 0 unspecified atom stereocenters. The predicted octanol–water partition coefficient (Wildman–Crippen LogP) is 5.19. The zero-order chi connectivity index (χ0) is 29.0. The molecule has 0 fully saturated rings. The lowest BCUT2D eigenvalue weighted by atomic mass is 10.0. The summed E-state index contributed by atoms with van der Waals surface area (Å²) in [5.74, 6) is -1.84. The standard InChI is InChI=1S/C30H28ClN3O6/c1-17(2)19-8-10-22(11-9-19)34-18(3)26(30(38)39-4)25(29(34)37)15-23-12-13-24(40-23)16-32-27(35)28(36)33-21-7-5-6-20(31)14-21/h5-15,17H,16H2,1-4H3,(H,32,35)(H,33,36)/b25-15+. The van der Waals surface area contributed by atoms with Gasteiger partial charge in [0.2, 0.25) is 0 Å². The summed E-state index contributed by atoms with van der Waals surface area (Å²) in [6, 6.07) is 17.2. The molecular formula is C30H28ClN3O6. The number of halogens is 1. The number of hydrogen-bond acceptors (Lipinski definition) is 6. The molecule has 206 valence electrons. The van der Waals surface area contributed by atoms with Crippen molar-refractivity contribution in [1.82, 2.24) is 5.32 Å². The Hall–Kier alpha value is -4.63. The van der Waals surface area contributed by atoms with Gasteiger partial charge < -0.3 is 19.8 Å². The molecule has 0 atom stereocenters. The summed E-state index contributed by atoms with van der Waals surface area (Å²) in [7, 11) is 1.25. The molecule has 0 radical (unpaired) electrons. The van der Waals surface area contributed by atoms with Gasteiger partial charge in [0.1, 0.15) is 11.5 Å². The summed E-state index contributed by atoms with van der Waals surface area (Å²) >= 11 is 5.90. The minimum atomic E-state index is -0.868.